The van der Waals surface area contributed by atoms with Gasteiger partial charge in [-0.3, -0.25) is 0 Å². The molecule has 1 aliphatic rings. The molecule has 0 saturated carbocycles. The molecule has 0 radical (unpaired) electrons. The van der Waals surface area contributed by atoms with Gasteiger partial charge in [-0.15, -0.1) is 0 Å². The van der Waals surface area contributed by atoms with E-state index in [9.17, 15) is 0 Å². The summed E-state index contributed by atoms with van der Waals surface area (Å²) in [7, 11) is 0. The van der Waals surface area contributed by atoms with Gasteiger partial charge in [-0.25, -0.2) is 4.63 Å². The molecule has 2 heterocycles. The van der Waals surface area contributed by atoms with Crippen LogP contribution in [0.15, 0.2) is 28.9 Å². The van der Waals surface area contributed by atoms with E-state index in [4.69, 9.17) is 5.73 Å². The Kier molecular flexibility index (Phi) is 3.46. The van der Waals surface area contributed by atoms with Crippen LogP contribution in [0.4, 0.5) is 5.82 Å². The molecule has 19 heavy (non-hydrogen) atoms. The Bertz CT molecular complexity index is 529. The minimum absolute atomic E-state index is 0.337. The highest BCUT2D eigenvalue weighted by Crippen LogP contribution is 2.23. The van der Waals surface area contributed by atoms with Crippen LogP contribution in [0.5, 0.6) is 0 Å². The number of hydrogen-bond acceptors (Lipinski definition) is 5. The Labute approximate surface area is 112 Å². The summed E-state index contributed by atoms with van der Waals surface area (Å²) in [6.45, 7) is 2.29. The van der Waals surface area contributed by atoms with E-state index in [1.807, 2.05) is 12.1 Å². The van der Waals surface area contributed by atoms with Crippen LogP contribution in [0.2, 0.25) is 0 Å². The molecule has 0 amide bonds. The molecule has 0 spiro atoms. The van der Waals surface area contributed by atoms with E-state index in [1.165, 1.54) is 18.4 Å². The Morgan fingerprint density at radius 1 is 1.26 bits per heavy atom. The van der Waals surface area contributed by atoms with Gasteiger partial charge in [0.1, 0.15) is 0 Å². The normalized spacial score (nSPS) is 19.5. The number of nitrogens with two attached hydrogens (primary N) is 1. The molecule has 3 N–H and O–H groups in total. The quantitative estimate of drug-likeness (QED) is 0.878. The van der Waals surface area contributed by atoms with Crippen molar-refractivity contribution >= 4 is 5.82 Å². The highest BCUT2D eigenvalue weighted by molar-refractivity contribution is 5.68. The first-order chi connectivity index (χ1) is 9.33. The van der Waals surface area contributed by atoms with E-state index >= 15 is 0 Å². The van der Waals surface area contributed by atoms with Crippen LogP contribution in [-0.4, -0.2) is 23.4 Å². The fourth-order valence-corrected chi connectivity index (χ4v) is 2.63. The van der Waals surface area contributed by atoms with Crippen molar-refractivity contribution in [3.8, 4) is 11.3 Å². The summed E-state index contributed by atoms with van der Waals surface area (Å²) in [5, 5.41) is 10.9. The molecular weight excluding hydrogens is 240 g/mol. The van der Waals surface area contributed by atoms with Crippen LogP contribution < -0.4 is 11.1 Å². The van der Waals surface area contributed by atoms with Crippen LogP contribution in [0, 0.1) is 5.92 Å². The third-order valence-electron chi connectivity index (χ3n) is 3.66. The molecule has 1 aromatic heterocycles. The third kappa shape index (κ3) is 2.76. The number of rotatable bonds is 3. The molecule has 5 nitrogen and oxygen atoms in total. The molecule has 100 valence electrons. The van der Waals surface area contributed by atoms with Gasteiger partial charge in [-0.05, 0) is 54.1 Å². The maximum Gasteiger partial charge on any atom is 0.196 e. The molecular formula is C14H18N4O. The fourth-order valence-electron chi connectivity index (χ4n) is 2.63. The van der Waals surface area contributed by atoms with Crippen molar-refractivity contribution in [3.63, 3.8) is 0 Å². The molecule has 5 heteroatoms. The lowest BCUT2D eigenvalue weighted by Gasteiger charge is -2.22. The second-order valence-electron chi connectivity index (χ2n) is 5.11. The second-order valence-corrected chi connectivity index (χ2v) is 5.11. The lowest BCUT2D eigenvalue weighted by atomic mass is 9.92. The molecule has 1 unspecified atom stereocenters. The predicted octanol–water partition coefficient (Wildman–Crippen LogP) is 1.86. The van der Waals surface area contributed by atoms with Gasteiger partial charge in [-0.1, -0.05) is 24.3 Å². The summed E-state index contributed by atoms with van der Waals surface area (Å²) in [5.74, 6) is 1.09. The first-order valence-electron chi connectivity index (χ1n) is 6.71. The molecule has 1 aromatic carbocycles. The van der Waals surface area contributed by atoms with Crippen molar-refractivity contribution in [2.45, 2.75) is 19.3 Å². The summed E-state index contributed by atoms with van der Waals surface area (Å²) in [5.41, 5.74) is 8.60. The average Bonchev–Trinajstić information content (AvgIpc) is 2.87. The lowest BCUT2D eigenvalue weighted by molar-refractivity contribution is 0.310. The van der Waals surface area contributed by atoms with Crippen molar-refractivity contribution in [2.75, 3.05) is 18.8 Å². The Morgan fingerprint density at radius 2 is 2.11 bits per heavy atom. The Morgan fingerprint density at radius 3 is 2.74 bits per heavy atom. The van der Waals surface area contributed by atoms with Gasteiger partial charge in [-0.2, -0.15) is 0 Å². The van der Waals surface area contributed by atoms with E-state index in [2.05, 4.69) is 32.4 Å². The van der Waals surface area contributed by atoms with Crippen molar-refractivity contribution in [1.29, 1.82) is 0 Å². The van der Waals surface area contributed by atoms with Crippen LogP contribution in [0.3, 0.4) is 0 Å². The molecule has 3 rings (SSSR count). The largest absolute Gasteiger partial charge is 0.379 e. The van der Waals surface area contributed by atoms with E-state index in [1.54, 1.807) is 0 Å². The fraction of sp³-hybridized carbons (Fsp3) is 0.429. The van der Waals surface area contributed by atoms with Crippen molar-refractivity contribution in [1.82, 2.24) is 15.6 Å². The van der Waals surface area contributed by atoms with E-state index in [0.29, 0.717) is 11.5 Å². The van der Waals surface area contributed by atoms with Gasteiger partial charge < -0.3 is 11.1 Å². The summed E-state index contributed by atoms with van der Waals surface area (Å²) in [6.07, 6.45) is 3.72. The van der Waals surface area contributed by atoms with Crippen LogP contribution in [0.25, 0.3) is 11.3 Å². The number of nitrogens with one attached hydrogen (secondary N) is 1. The van der Waals surface area contributed by atoms with Crippen molar-refractivity contribution in [2.24, 2.45) is 5.92 Å². The molecule has 1 aliphatic heterocycles. The maximum atomic E-state index is 5.68. The number of nitrogen functional groups attached to an aromatic ring is 1. The van der Waals surface area contributed by atoms with Crippen molar-refractivity contribution in [3.05, 3.63) is 29.8 Å². The van der Waals surface area contributed by atoms with E-state index in [-0.39, 0.29) is 0 Å². The summed E-state index contributed by atoms with van der Waals surface area (Å²) < 4.78 is 4.62. The summed E-state index contributed by atoms with van der Waals surface area (Å²) in [4.78, 5) is 0. The van der Waals surface area contributed by atoms with Crippen LogP contribution in [-0.2, 0) is 6.42 Å². The standard InChI is InChI=1S/C14H18N4O/c15-14-13(17-19-18-14)12-5-3-10(4-6-12)8-11-2-1-7-16-9-11/h3-6,11,16H,1-2,7-9H2,(H2,15,18). The van der Waals surface area contributed by atoms with Gasteiger partial charge in [0.2, 0.25) is 0 Å². The zero-order valence-electron chi connectivity index (χ0n) is 10.8. The second kappa shape index (κ2) is 5.40. The number of piperidine rings is 1. The predicted molar refractivity (Wildman–Crippen MR) is 73.4 cm³/mol. The number of aromatic nitrogens is 2. The van der Waals surface area contributed by atoms with Gasteiger partial charge >= 0.3 is 0 Å². The minimum Gasteiger partial charge on any atom is -0.379 e. The number of anilines is 1. The monoisotopic (exact) mass is 258 g/mol. The van der Waals surface area contributed by atoms with Gasteiger partial charge in [0, 0.05) is 5.56 Å². The summed E-state index contributed by atoms with van der Waals surface area (Å²) >= 11 is 0. The molecule has 2 aromatic rings. The minimum atomic E-state index is 0.337. The maximum absolute atomic E-state index is 5.68. The highest BCUT2D eigenvalue weighted by atomic mass is 16.6. The van der Waals surface area contributed by atoms with E-state index in [0.717, 1.165) is 31.0 Å². The molecule has 0 bridgehead atoms. The van der Waals surface area contributed by atoms with Gasteiger partial charge in [0.25, 0.3) is 0 Å². The van der Waals surface area contributed by atoms with Crippen LogP contribution in [0.1, 0.15) is 18.4 Å². The first-order valence-corrected chi connectivity index (χ1v) is 6.71. The molecule has 1 fully saturated rings. The number of hydrogen-bond donors (Lipinski definition) is 2. The number of benzene rings is 1. The van der Waals surface area contributed by atoms with Crippen LogP contribution >= 0.6 is 0 Å². The number of nitrogens with zero attached hydrogens (tertiary/aromatic N) is 2. The van der Waals surface area contributed by atoms with Gasteiger partial charge in [0.15, 0.2) is 11.5 Å². The third-order valence-corrected chi connectivity index (χ3v) is 3.66. The first kappa shape index (κ1) is 12.2. The SMILES string of the molecule is Nc1nonc1-c1ccc(CC2CCCNC2)cc1. The van der Waals surface area contributed by atoms with Gasteiger partial charge in [0.05, 0.1) is 0 Å². The molecule has 0 aliphatic carbocycles. The average molecular weight is 258 g/mol. The Balaban J connectivity index is 1.70. The van der Waals surface area contributed by atoms with Crippen molar-refractivity contribution < 1.29 is 4.63 Å². The topological polar surface area (TPSA) is 77.0 Å². The smallest absolute Gasteiger partial charge is 0.196 e. The molecule has 1 atom stereocenters. The molecule has 1 saturated heterocycles. The zero-order valence-corrected chi connectivity index (χ0v) is 10.8. The van der Waals surface area contributed by atoms with E-state index < -0.39 is 0 Å². The lowest BCUT2D eigenvalue weighted by Crippen LogP contribution is -2.30. The highest BCUT2D eigenvalue weighted by Gasteiger charge is 2.14. The zero-order chi connectivity index (χ0) is 13.1. The Hall–Kier alpha value is -1.88. The summed E-state index contributed by atoms with van der Waals surface area (Å²) in [6, 6.07) is 8.33.